The van der Waals surface area contributed by atoms with E-state index in [1.54, 1.807) is 6.92 Å². The van der Waals surface area contributed by atoms with E-state index in [1.807, 2.05) is 6.92 Å². The zero-order valence-electron chi connectivity index (χ0n) is 7.99. The summed E-state index contributed by atoms with van der Waals surface area (Å²) in [4.78, 5) is 11.0. The fourth-order valence-corrected chi connectivity index (χ4v) is 1.39. The molecule has 0 aliphatic rings. The maximum Gasteiger partial charge on any atom is 0.230 e. The largest absolute Gasteiger partial charge is 0.395 e. The van der Waals surface area contributed by atoms with E-state index in [2.05, 4.69) is 5.32 Å². The number of rotatable bonds is 6. The molecule has 1 amide bonds. The molecule has 0 heterocycles. The minimum atomic E-state index is -0.407. The molecule has 5 heteroatoms. The lowest BCUT2D eigenvalue weighted by Gasteiger charge is -2.13. The van der Waals surface area contributed by atoms with Crippen molar-refractivity contribution in [3.05, 3.63) is 0 Å². The van der Waals surface area contributed by atoms with Crippen LogP contribution in [0.15, 0.2) is 0 Å². The highest BCUT2D eigenvalue weighted by Crippen LogP contribution is 2.13. The summed E-state index contributed by atoms with van der Waals surface area (Å²) in [5.74, 6) is 0.220. The Kier molecular flexibility index (Phi) is 7.03. The number of hydrogen-bond acceptors (Lipinski definition) is 4. The second kappa shape index (κ2) is 7.17. The van der Waals surface area contributed by atoms with Gasteiger partial charge in [-0.2, -0.15) is 0 Å². The van der Waals surface area contributed by atoms with Gasteiger partial charge in [-0.3, -0.25) is 4.79 Å². The molecule has 0 saturated carbocycles. The molecule has 0 bridgehead atoms. The van der Waals surface area contributed by atoms with Crippen molar-refractivity contribution < 1.29 is 15.0 Å². The van der Waals surface area contributed by atoms with Crippen LogP contribution in [0.3, 0.4) is 0 Å². The predicted octanol–water partition coefficient (Wildman–Crippen LogP) is -0.403. The maximum atomic E-state index is 11.0. The predicted molar refractivity (Wildman–Crippen MR) is 53.7 cm³/mol. The van der Waals surface area contributed by atoms with Crippen LogP contribution >= 0.6 is 11.8 Å². The molecule has 3 N–H and O–H groups in total. The molecule has 2 unspecified atom stereocenters. The minimum absolute atomic E-state index is 0.0393. The van der Waals surface area contributed by atoms with Gasteiger partial charge in [0.15, 0.2) is 0 Å². The van der Waals surface area contributed by atoms with Gasteiger partial charge in [0, 0.05) is 11.8 Å². The molecular weight excluding hydrogens is 190 g/mol. The monoisotopic (exact) mass is 207 g/mol. The highest BCUT2D eigenvalue weighted by molar-refractivity contribution is 8.00. The Bertz CT molecular complexity index is 152. The van der Waals surface area contributed by atoms with Crippen molar-refractivity contribution in [3.8, 4) is 0 Å². The summed E-state index contributed by atoms with van der Waals surface area (Å²) < 4.78 is 0. The molecule has 0 aromatic rings. The SMILES string of the molecule is CC(O)C(C)SCC(=O)NCCO. The molecular formula is C8H17NO3S. The first-order valence-corrected chi connectivity index (χ1v) is 5.30. The number of amides is 1. The molecule has 0 spiro atoms. The van der Waals surface area contributed by atoms with Crippen LogP contribution in [0.5, 0.6) is 0 Å². The van der Waals surface area contributed by atoms with Crippen molar-refractivity contribution >= 4 is 17.7 Å². The number of aliphatic hydroxyl groups excluding tert-OH is 2. The van der Waals surface area contributed by atoms with Crippen LogP contribution in [-0.2, 0) is 4.79 Å². The van der Waals surface area contributed by atoms with E-state index in [4.69, 9.17) is 10.2 Å². The Hall–Kier alpha value is -0.260. The van der Waals surface area contributed by atoms with E-state index in [0.29, 0.717) is 12.3 Å². The van der Waals surface area contributed by atoms with Crippen molar-refractivity contribution in [2.45, 2.75) is 25.2 Å². The summed E-state index contributed by atoms with van der Waals surface area (Å²) in [6.07, 6.45) is -0.407. The molecule has 78 valence electrons. The van der Waals surface area contributed by atoms with Gasteiger partial charge in [-0.05, 0) is 6.92 Å². The van der Waals surface area contributed by atoms with Crippen LogP contribution in [-0.4, -0.2) is 46.4 Å². The normalized spacial score (nSPS) is 15.1. The third kappa shape index (κ3) is 6.86. The average Bonchev–Trinajstić information content (AvgIpc) is 2.10. The first-order chi connectivity index (χ1) is 6.07. The number of nitrogens with one attached hydrogen (secondary N) is 1. The summed E-state index contributed by atoms with van der Waals surface area (Å²) >= 11 is 1.40. The minimum Gasteiger partial charge on any atom is -0.395 e. The van der Waals surface area contributed by atoms with Gasteiger partial charge in [0.2, 0.25) is 5.91 Å². The number of aliphatic hydroxyl groups is 2. The van der Waals surface area contributed by atoms with Gasteiger partial charge in [-0.15, -0.1) is 11.8 Å². The Balaban J connectivity index is 3.46. The molecule has 0 aliphatic heterocycles. The summed E-state index contributed by atoms with van der Waals surface area (Å²) in [7, 11) is 0. The molecule has 0 radical (unpaired) electrons. The van der Waals surface area contributed by atoms with Gasteiger partial charge in [-0.1, -0.05) is 6.92 Å². The van der Waals surface area contributed by atoms with Crippen molar-refractivity contribution in [1.82, 2.24) is 5.32 Å². The van der Waals surface area contributed by atoms with Gasteiger partial charge >= 0.3 is 0 Å². The van der Waals surface area contributed by atoms with Crippen molar-refractivity contribution in [1.29, 1.82) is 0 Å². The zero-order valence-corrected chi connectivity index (χ0v) is 8.80. The van der Waals surface area contributed by atoms with Crippen LogP contribution in [0.1, 0.15) is 13.8 Å². The van der Waals surface area contributed by atoms with E-state index in [1.165, 1.54) is 11.8 Å². The standard InChI is InChI=1S/C8H17NO3S/c1-6(11)7(2)13-5-8(12)9-3-4-10/h6-7,10-11H,3-5H2,1-2H3,(H,9,12). The number of carbonyl (C=O) groups excluding carboxylic acids is 1. The summed E-state index contributed by atoms with van der Waals surface area (Å²) in [6, 6.07) is 0. The Labute approximate surface area is 82.7 Å². The smallest absolute Gasteiger partial charge is 0.230 e. The van der Waals surface area contributed by atoms with Gasteiger partial charge in [0.05, 0.1) is 18.5 Å². The van der Waals surface area contributed by atoms with E-state index >= 15 is 0 Å². The second-order valence-corrected chi connectivity index (χ2v) is 4.20. The summed E-state index contributed by atoms with van der Waals surface area (Å²) in [5.41, 5.74) is 0. The highest BCUT2D eigenvalue weighted by Gasteiger charge is 2.10. The number of hydrogen-bond donors (Lipinski definition) is 3. The lowest BCUT2D eigenvalue weighted by Crippen LogP contribution is -2.29. The maximum absolute atomic E-state index is 11.0. The molecule has 0 rings (SSSR count). The molecule has 0 fully saturated rings. The van der Waals surface area contributed by atoms with Crippen molar-refractivity contribution in [3.63, 3.8) is 0 Å². The Morgan fingerprint density at radius 3 is 2.62 bits per heavy atom. The van der Waals surface area contributed by atoms with E-state index in [0.717, 1.165) is 0 Å². The van der Waals surface area contributed by atoms with E-state index < -0.39 is 6.10 Å². The van der Waals surface area contributed by atoms with Crippen LogP contribution < -0.4 is 5.32 Å². The molecule has 0 saturated heterocycles. The van der Waals surface area contributed by atoms with Gasteiger partial charge in [0.25, 0.3) is 0 Å². The lowest BCUT2D eigenvalue weighted by atomic mass is 10.3. The number of thioether (sulfide) groups is 1. The van der Waals surface area contributed by atoms with E-state index in [-0.39, 0.29) is 17.8 Å². The average molecular weight is 207 g/mol. The third-order valence-electron chi connectivity index (χ3n) is 1.59. The van der Waals surface area contributed by atoms with E-state index in [9.17, 15) is 4.79 Å². The van der Waals surface area contributed by atoms with Gasteiger partial charge in [-0.25, -0.2) is 0 Å². The summed E-state index contributed by atoms with van der Waals surface area (Å²) in [6.45, 7) is 3.82. The van der Waals surface area contributed by atoms with Crippen molar-refractivity contribution in [2.75, 3.05) is 18.9 Å². The summed E-state index contributed by atoms with van der Waals surface area (Å²) in [5, 5.41) is 20.1. The van der Waals surface area contributed by atoms with Crippen LogP contribution in [0.4, 0.5) is 0 Å². The molecule has 4 nitrogen and oxygen atoms in total. The third-order valence-corrected chi connectivity index (χ3v) is 2.94. The van der Waals surface area contributed by atoms with Crippen molar-refractivity contribution in [2.24, 2.45) is 0 Å². The first kappa shape index (κ1) is 12.7. The molecule has 2 atom stereocenters. The van der Waals surface area contributed by atoms with Crippen LogP contribution in [0, 0.1) is 0 Å². The Morgan fingerprint density at radius 1 is 1.54 bits per heavy atom. The Morgan fingerprint density at radius 2 is 2.15 bits per heavy atom. The molecule has 0 aromatic heterocycles. The number of carbonyl (C=O) groups is 1. The lowest BCUT2D eigenvalue weighted by molar-refractivity contribution is -0.118. The van der Waals surface area contributed by atoms with Gasteiger partial charge < -0.3 is 15.5 Å². The van der Waals surface area contributed by atoms with Crippen LogP contribution in [0.2, 0.25) is 0 Å². The molecule has 0 aliphatic carbocycles. The molecule has 0 aromatic carbocycles. The van der Waals surface area contributed by atoms with Gasteiger partial charge in [0.1, 0.15) is 0 Å². The first-order valence-electron chi connectivity index (χ1n) is 4.25. The quantitative estimate of drug-likeness (QED) is 0.554. The highest BCUT2D eigenvalue weighted by atomic mass is 32.2. The fraction of sp³-hybridized carbons (Fsp3) is 0.875. The zero-order chi connectivity index (χ0) is 10.3. The fourth-order valence-electron chi connectivity index (χ4n) is 0.593. The van der Waals surface area contributed by atoms with Crippen LogP contribution in [0.25, 0.3) is 0 Å². The second-order valence-electron chi connectivity index (χ2n) is 2.83. The molecule has 13 heavy (non-hydrogen) atoms. The topological polar surface area (TPSA) is 69.6 Å².